The Kier molecular flexibility index (Phi) is 5.90. The Morgan fingerprint density at radius 1 is 1.21 bits per heavy atom. The van der Waals surface area contributed by atoms with Crippen molar-refractivity contribution >= 4 is 15.9 Å². The molecule has 106 valence electrons. The summed E-state index contributed by atoms with van der Waals surface area (Å²) in [6.07, 6.45) is 6.96. The Bertz CT molecular complexity index is 373. The molecule has 0 radical (unpaired) electrons. The van der Waals surface area contributed by atoms with Crippen LogP contribution in [0.2, 0.25) is 0 Å². The van der Waals surface area contributed by atoms with Crippen LogP contribution in [0.5, 0.6) is 0 Å². The van der Waals surface area contributed by atoms with E-state index in [1.807, 2.05) is 0 Å². The van der Waals surface area contributed by atoms with E-state index in [0.717, 1.165) is 18.4 Å². The van der Waals surface area contributed by atoms with Crippen LogP contribution in [0.15, 0.2) is 28.7 Å². The molecule has 0 saturated heterocycles. The molecular formula is C17H26BrN. The van der Waals surface area contributed by atoms with Crippen LogP contribution < -0.4 is 5.32 Å². The molecule has 2 rings (SSSR count). The lowest BCUT2D eigenvalue weighted by Gasteiger charge is -2.35. The Balaban J connectivity index is 2.12. The van der Waals surface area contributed by atoms with Gasteiger partial charge in [-0.05, 0) is 48.9 Å². The molecule has 19 heavy (non-hydrogen) atoms. The molecule has 1 fully saturated rings. The normalized spacial score (nSPS) is 25.2. The van der Waals surface area contributed by atoms with E-state index >= 15 is 0 Å². The van der Waals surface area contributed by atoms with Gasteiger partial charge in [-0.1, -0.05) is 61.2 Å². The van der Waals surface area contributed by atoms with E-state index in [4.69, 9.17) is 0 Å². The van der Waals surface area contributed by atoms with E-state index in [9.17, 15) is 0 Å². The summed E-state index contributed by atoms with van der Waals surface area (Å²) in [5.41, 5.74) is 1.45. The lowest BCUT2D eigenvalue weighted by atomic mass is 9.75. The van der Waals surface area contributed by atoms with Gasteiger partial charge in [0, 0.05) is 10.5 Å². The molecule has 1 aliphatic carbocycles. The lowest BCUT2D eigenvalue weighted by Crippen LogP contribution is -2.31. The van der Waals surface area contributed by atoms with Crippen molar-refractivity contribution in [2.75, 3.05) is 6.54 Å². The quantitative estimate of drug-likeness (QED) is 0.773. The van der Waals surface area contributed by atoms with E-state index in [-0.39, 0.29) is 0 Å². The zero-order valence-corrected chi connectivity index (χ0v) is 13.7. The van der Waals surface area contributed by atoms with Gasteiger partial charge in [-0.25, -0.2) is 0 Å². The van der Waals surface area contributed by atoms with Gasteiger partial charge in [0.2, 0.25) is 0 Å². The van der Waals surface area contributed by atoms with Crippen LogP contribution in [0, 0.1) is 11.8 Å². The predicted molar refractivity (Wildman–Crippen MR) is 86.3 cm³/mol. The van der Waals surface area contributed by atoms with Crippen molar-refractivity contribution in [2.45, 2.75) is 52.0 Å². The van der Waals surface area contributed by atoms with Gasteiger partial charge in [-0.3, -0.25) is 0 Å². The molecular weight excluding hydrogens is 298 g/mol. The average molecular weight is 324 g/mol. The molecule has 3 atom stereocenters. The van der Waals surface area contributed by atoms with Gasteiger partial charge in [0.25, 0.3) is 0 Å². The Morgan fingerprint density at radius 2 is 1.95 bits per heavy atom. The predicted octanol–water partition coefficient (Wildman–Crippen LogP) is 5.32. The monoisotopic (exact) mass is 323 g/mol. The summed E-state index contributed by atoms with van der Waals surface area (Å²) in [6, 6.07) is 9.41. The highest BCUT2D eigenvalue weighted by atomic mass is 79.9. The first kappa shape index (κ1) is 15.1. The second-order valence-electron chi connectivity index (χ2n) is 5.79. The highest BCUT2D eigenvalue weighted by molar-refractivity contribution is 9.10. The Hall–Kier alpha value is -0.340. The van der Waals surface area contributed by atoms with Crippen LogP contribution in [0.1, 0.15) is 57.6 Å². The molecule has 1 aromatic carbocycles. The van der Waals surface area contributed by atoms with Gasteiger partial charge >= 0.3 is 0 Å². The molecule has 1 saturated carbocycles. The van der Waals surface area contributed by atoms with E-state index < -0.39 is 0 Å². The average Bonchev–Trinajstić information content (AvgIpc) is 2.46. The van der Waals surface area contributed by atoms with Crippen LogP contribution in [-0.2, 0) is 0 Å². The minimum absolute atomic E-state index is 0.535. The van der Waals surface area contributed by atoms with Crippen molar-refractivity contribution in [3.8, 4) is 0 Å². The van der Waals surface area contributed by atoms with E-state index in [1.54, 1.807) is 0 Å². The number of benzene rings is 1. The number of nitrogens with one attached hydrogen (secondary N) is 1. The second-order valence-corrected chi connectivity index (χ2v) is 6.70. The minimum atomic E-state index is 0.535. The largest absolute Gasteiger partial charge is 0.310 e. The van der Waals surface area contributed by atoms with Gasteiger partial charge < -0.3 is 5.32 Å². The fourth-order valence-electron chi connectivity index (χ4n) is 3.45. The smallest absolute Gasteiger partial charge is 0.0348 e. The van der Waals surface area contributed by atoms with Crippen molar-refractivity contribution in [1.29, 1.82) is 0 Å². The molecule has 1 N–H and O–H groups in total. The molecule has 1 aromatic rings. The number of hydrogen-bond acceptors (Lipinski definition) is 1. The summed E-state index contributed by atoms with van der Waals surface area (Å²) in [5, 5.41) is 3.72. The molecule has 1 nitrogen and oxygen atoms in total. The van der Waals surface area contributed by atoms with E-state index in [0.29, 0.717) is 6.04 Å². The maximum atomic E-state index is 3.72. The van der Waals surface area contributed by atoms with Crippen LogP contribution in [0.25, 0.3) is 0 Å². The molecule has 2 heteroatoms. The van der Waals surface area contributed by atoms with Crippen LogP contribution in [-0.4, -0.2) is 6.54 Å². The van der Waals surface area contributed by atoms with E-state index in [2.05, 4.69) is 59.4 Å². The summed E-state index contributed by atoms with van der Waals surface area (Å²) in [7, 11) is 0. The summed E-state index contributed by atoms with van der Waals surface area (Å²) < 4.78 is 1.17. The molecule has 3 unspecified atom stereocenters. The Morgan fingerprint density at radius 3 is 2.58 bits per heavy atom. The highest BCUT2D eigenvalue weighted by Gasteiger charge is 2.28. The molecule has 0 aromatic heterocycles. The van der Waals surface area contributed by atoms with Crippen molar-refractivity contribution in [3.63, 3.8) is 0 Å². The SMILES string of the molecule is CCNC(c1ccc(Br)cc1)C1CCCC(CC)C1. The number of rotatable bonds is 5. The maximum absolute atomic E-state index is 3.72. The molecule has 0 heterocycles. The van der Waals surface area contributed by atoms with Crippen LogP contribution in [0.3, 0.4) is 0 Å². The number of halogens is 1. The standard InChI is InChI=1S/C17H26BrN/c1-3-13-6-5-7-15(12-13)17(19-4-2)14-8-10-16(18)11-9-14/h8-11,13,15,17,19H,3-7,12H2,1-2H3. The topological polar surface area (TPSA) is 12.0 Å². The van der Waals surface area contributed by atoms with Crippen LogP contribution >= 0.6 is 15.9 Å². The summed E-state index contributed by atoms with van der Waals surface area (Å²) in [5.74, 6) is 1.75. The van der Waals surface area contributed by atoms with Gasteiger partial charge in [0.1, 0.15) is 0 Å². The van der Waals surface area contributed by atoms with Crippen molar-refractivity contribution in [1.82, 2.24) is 5.32 Å². The number of hydrogen-bond donors (Lipinski definition) is 1. The maximum Gasteiger partial charge on any atom is 0.0348 e. The fraction of sp³-hybridized carbons (Fsp3) is 0.647. The summed E-state index contributed by atoms with van der Waals surface area (Å²) in [4.78, 5) is 0. The highest BCUT2D eigenvalue weighted by Crippen LogP contribution is 2.38. The molecule has 0 bridgehead atoms. The third-order valence-electron chi connectivity index (χ3n) is 4.53. The van der Waals surface area contributed by atoms with E-state index in [1.165, 1.54) is 42.1 Å². The van der Waals surface area contributed by atoms with Gasteiger partial charge in [-0.15, -0.1) is 0 Å². The lowest BCUT2D eigenvalue weighted by molar-refractivity contribution is 0.210. The molecule has 0 aliphatic heterocycles. The first-order valence-electron chi connectivity index (χ1n) is 7.73. The van der Waals surface area contributed by atoms with Crippen molar-refractivity contribution in [2.24, 2.45) is 11.8 Å². The van der Waals surface area contributed by atoms with Gasteiger partial charge in [0.05, 0.1) is 0 Å². The Labute approximate surface area is 126 Å². The minimum Gasteiger partial charge on any atom is -0.310 e. The fourth-order valence-corrected chi connectivity index (χ4v) is 3.72. The first-order valence-corrected chi connectivity index (χ1v) is 8.52. The zero-order valence-electron chi connectivity index (χ0n) is 12.2. The van der Waals surface area contributed by atoms with Gasteiger partial charge in [0.15, 0.2) is 0 Å². The van der Waals surface area contributed by atoms with Crippen molar-refractivity contribution < 1.29 is 0 Å². The second kappa shape index (κ2) is 7.44. The van der Waals surface area contributed by atoms with Gasteiger partial charge in [-0.2, -0.15) is 0 Å². The third-order valence-corrected chi connectivity index (χ3v) is 5.05. The summed E-state index contributed by atoms with van der Waals surface area (Å²) in [6.45, 7) is 5.61. The summed E-state index contributed by atoms with van der Waals surface area (Å²) >= 11 is 3.53. The first-order chi connectivity index (χ1) is 9.24. The molecule has 1 aliphatic rings. The van der Waals surface area contributed by atoms with Crippen LogP contribution in [0.4, 0.5) is 0 Å². The molecule has 0 amide bonds. The molecule has 0 spiro atoms. The zero-order chi connectivity index (χ0) is 13.7. The van der Waals surface area contributed by atoms with Crippen molar-refractivity contribution in [3.05, 3.63) is 34.3 Å². The third kappa shape index (κ3) is 4.06.